The number of aromatic nitrogens is 2. The number of hydrogen-bond donors (Lipinski definition) is 0. The van der Waals surface area contributed by atoms with E-state index in [1.165, 1.54) is 44.2 Å². The summed E-state index contributed by atoms with van der Waals surface area (Å²) in [7, 11) is 0. The smallest absolute Gasteiger partial charge is 0.339 e. The van der Waals surface area contributed by atoms with Crippen molar-refractivity contribution >= 4 is 17.8 Å². The maximum atomic E-state index is 14.0. The third-order valence-electron chi connectivity index (χ3n) is 13.6. The van der Waals surface area contributed by atoms with Gasteiger partial charge in [-0.1, -0.05) is 50.6 Å². The Labute approximate surface area is 324 Å². The molecule has 5 aliphatic rings. The lowest BCUT2D eigenvalue weighted by Gasteiger charge is -2.51. The fraction of sp³-hybridized carbons (Fsp3) is 0.600. The Morgan fingerprint density at radius 3 is 2.27 bits per heavy atom. The van der Waals surface area contributed by atoms with Crippen LogP contribution in [0.4, 0.5) is 4.39 Å². The van der Waals surface area contributed by atoms with Crippen LogP contribution < -0.4 is 0 Å². The molecule has 0 N–H and O–H groups in total. The third-order valence-corrected chi connectivity index (χ3v) is 13.6. The van der Waals surface area contributed by atoms with Gasteiger partial charge in [-0.3, -0.25) is 14.3 Å². The maximum absolute atomic E-state index is 14.0. The second-order valence-electron chi connectivity index (χ2n) is 19.3. The SMILES string of the molecule is CC(C)(C)OC(=O)c1c(COCC2CN(C(=O)c3cnn(Cc4ccc(F)cc4)c3)CC23CN(C(=O)[C@H]2CC2(C)C)C3)cccc1C1CCC2(CCC2)CC1. The standard InChI is InChI=1S/C45H57FN4O5/c1-42(2,3)55-41(53)38-32(8-6-9-36(38)31-14-18-44(19-15-31)16-7-17-44)25-54-26-34-24-48(27-45(34)28-49(29-45)40(52)37-20-43(37,4)5)39(51)33-21-47-50(23-33)22-30-10-12-35(46)13-11-30/h6,8-13,21,23,31,34,37H,7,14-20,22,24-29H2,1-5H3/t34?,37-/m1/s1. The van der Waals surface area contributed by atoms with Crippen molar-refractivity contribution in [1.29, 1.82) is 0 Å². The minimum atomic E-state index is -0.627. The molecule has 8 rings (SSSR count). The molecule has 9 nitrogen and oxygen atoms in total. The summed E-state index contributed by atoms with van der Waals surface area (Å²) in [5.41, 5.74) is 3.62. The number of nitrogens with zero attached hydrogens (tertiary/aromatic N) is 4. The Kier molecular flexibility index (Phi) is 9.74. The predicted octanol–water partition coefficient (Wildman–Crippen LogP) is 8.02. The van der Waals surface area contributed by atoms with Crippen LogP contribution in [0.3, 0.4) is 0 Å². The summed E-state index contributed by atoms with van der Waals surface area (Å²) in [5.74, 6) is -0.0862. The average Bonchev–Trinajstić information content (AvgIpc) is 3.40. The zero-order valence-corrected chi connectivity index (χ0v) is 33.2. The fourth-order valence-electron chi connectivity index (χ4n) is 9.96. The summed E-state index contributed by atoms with van der Waals surface area (Å²) in [6, 6.07) is 12.4. The molecular weight excluding hydrogens is 696 g/mol. The summed E-state index contributed by atoms with van der Waals surface area (Å²) < 4.78 is 27.7. The highest BCUT2D eigenvalue weighted by Crippen LogP contribution is 2.56. The lowest BCUT2D eigenvalue weighted by Crippen LogP contribution is -2.63. The molecule has 3 heterocycles. The Balaban J connectivity index is 0.981. The topological polar surface area (TPSA) is 94.0 Å². The van der Waals surface area contributed by atoms with E-state index < -0.39 is 5.60 Å². The quantitative estimate of drug-likeness (QED) is 0.195. The molecule has 2 atom stereocenters. The molecule has 10 heteroatoms. The van der Waals surface area contributed by atoms with E-state index in [2.05, 4.69) is 31.1 Å². The number of amides is 2. The van der Waals surface area contributed by atoms with E-state index in [1.807, 2.05) is 36.6 Å². The highest BCUT2D eigenvalue weighted by atomic mass is 19.1. The minimum Gasteiger partial charge on any atom is -0.456 e. The average molecular weight is 753 g/mol. The maximum Gasteiger partial charge on any atom is 0.339 e. The van der Waals surface area contributed by atoms with Crippen LogP contribution in [0, 0.1) is 33.9 Å². The summed E-state index contributed by atoms with van der Waals surface area (Å²) in [4.78, 5) is 45.2. The molecular formula is C45H57FN4O5. The van der Waals surface area contributed by atoms with Gasteiger partial charge in [0.15, 0.2) is 0 Å². The molecule has 1 aromatic heterocycles. The van der Waals surface area contributed by atoms with Crippen LogP contribution in [0.2, 0.25) is 0 Å². The van der Waals surface area contributed by atoms with Gasteiger partial charge < -0.3 is 19.3 Å². The first-order valence-electron chi connectivity index (χ1n) is 20.4. The number of carbonyl (C=O) groups is 3. The van der Waals surface area contributed by atoms with E-state index in [0.29, 0.717) is 61.8 Å². The zero-order valence-electron chi connectivity index (χ0n) is 33.2. The van der Waals surface area contributed by atoms with Gasteiger partial charge in [-0.05, 0) is 111 Å². The first kappa shape index (κ1) is 37.9. The van der Waals surface area contributed by atoms with Crippen LogP contribution in [-0.4, -0.2) is 75.8 Å². The molecule has 3 saturated carbocycles. The van der Waals surface area contributed by atoms with Crippen LogP contribution in [0.15, 0.2) is 54.9 Å². The van der Waals surface area contributed by atoms with Crippen molar-refractivity contribution in [3.8, 4) is 0 Å². The molecule has 2 spiro atoms. The molecule has 55 heavy (non-hydrogen) atoms. The van der Waals surface area contributed by atoms with Gasteiger partial charge in [0.2, 0.25) is 5.91 Å². The monoisotopic (exact) mass is 752 g/mol. The van der Waals surface area contributed by atoms with Crippen molar-refractivity contribution in [3.05, 3.63) is 88.5 Å². The minimum absolute atomic E-state index is 0.00661. The van der Waals surface area contributed by atoms with Gasteiger partial charge in [0.25, 0.3) is 5.91 Å². The molecule has 0 radical (unpaired) electrons. The highest BCUT2D eigenvalue weighted by Gasteiger charge is 2.60. The molecule has 2 aromatic carbocycles. The molecule has 0 bridgehead atoms. The number of carbonyl (C=O) groups excluding carboxylic acids is 3. The summed E-state index contributed by atoms with van der Waals surface area (Å²) in [6.07, 6.45) is 12.9. The second-order valence-corrected chi connectivity index (χ2v) is 19.3. The molecule has 2 saturated heterocycles. The van der Waals surface area contributed by atoms with Crippen molar-refractivity contribution in [3.63, 3.8) is 0 Å². The van der Waals surface area contributed by atoms with Crippen LogP contribution in [-0.2, 0) is 27.4 Å². The number of esters is 1. The lowest BCUT2D eigenvalue weighted by atomic mass is 9.58. The third kappa shape index (κ3) is 7.72. The van der Waals surface area contributed by atoms with E-state index in [1.54, 1.807) is 29.2 Å². The normalized spacial score (nSPS) is 23.7. The molecule has 1 unspecified atom stereocenters. The lowest BCUT2D eigenvalue weighted by molar-refractivity contribution is -0.148. The van der Waals surface area contributed by atoms with E-state index in [4.69, 9.17) is 9.47 Å². The first-order valence-corrected chi connectivity index (χ1v) is 20.4. The zero-order chi connectivity index (χ0) is 38.8. The van der Waals surface area contributed by atoms with E-state index in [-0.39, 0.29) is 52.9 Å². The highest BCUT2D eigenvalue weighted by molar-refractivity contribution is 5.94. The number of halogens is 1. The van der Waals surface area contributed by atoms with Crippen LogP contribution >= 0.6 is 0 Å². The number of ether oxygens (including phenoxy) is 2. The van der Waals surface area contributed by atoms with E-state index >= 15 is 0 Å². The summed E-state index contributed by atoms with van der Waals surface area (Å²) in [6.45, 7) is 13.3. The van der Waals surface area contributed by atoms with Gasteiger partial charge in [-0.15, -0.1) is 0 Å². The van der Waals surface area contributed by atoms with E-state index in [0.717, 1.165) is 36.0 Å². The fourth-order valence-corrected chi connectivity index (χ4v) is 9.96. The number of hydrogen-bond acceptors (Lipinski definition) is 6. The van der Waals surface area contributed by atoms with Crippen molar-refractivity contribution in [2.45, 2.75) is 111 Å². The van der Waals surface area contributed by atoms with Gasteiger partial charge in [0.05, 0.1) is 37.1 Å². The van der Waals surface area contributed by atoms with Gasteiger partial charge in [0.1, 0.15) is 11.4 Å². The largest absolute Gasteiger partial charge is 0.456 e. The summed E-state index contributed by atoms with van der Waals surface area (Å²) >= 11 is 0. The number of benzene rings is 2. The molecule has 3 aliphatic carbocycles. The van der Waals surface area contributed by atoms with Gasteiger partial charge in [0, 0.05) is 49.6 Å². The molecule has 2 amide bonds. The molecule has 2 aliphatic heterocycles. The molecule has 5 fully saturated rings. The van der Waals surface area contributed by atoms with Crippen molar-refractivity contribution in [2.24, 2.45) is 28.1 Å². The van der Waals surface area contributed by atoms with E-state index in [9.17, 15) is 18.8 Å². The molecule has 3 aromatic rings. The van der Waals surface area contributed by atoms with Gasteiger partial charge in [-0.25, -0.2) is 9.18 Å². The first-order chi connectivity index (χ1) is 26.1. The van der Waals surface area contributed by atoms with Crippen LogP contribution in [0.1, 0.15) is 129 Å². The second kappa shape index (κ2) is 14.2. The van der Waals surface area contributed by atoms with Gasteiger partial charge >= 0.3 is 5.97 Å². The Morgan fingerprint density at radius 2 is 1.64 bits per heavy atom. The van der Waals surface area contributed by atoms with Crippen molar-refractivity contribution in [1.82, 2.24) is 19.6 Å². The summed E-state index contributed by atoms with van der Waals surface area (Å²) in [5, 5.41) is 4.43. The Hall–Kier alpha value is -4.05. The van der Waals surface area contributed by atoms with Crippen molar-refractivity contribution < 1.29 is 28.2 Å². The number of rotatable bonds is 10. The number of likely N-dealkylation sites (tertiary alicyclic amines) is 2. The van der Waals surface area contributed by atoms with Crippen LogP contribution in [0.5, 0.6) is 0 Å². The van der Waals surface area contributed by atoms with Crippen molar-refractivity contribution in [2.75, 3.05) is 32.8 Å². The Bertz CT molecular complexity index is 1930. The molecule has 294 valence electrons. The van der Waals surface area contributed by atoms with Gasteiger partial charge in [-0.2, -0.15) is 5.10 Å². The Morgan fingerprint density at radius 1 is 0.945 bits per heavy atom. The predicted molar refractivity (Wildman–Crippen MR) is 207 cm³/mol. The van der Waals surface area contributed by atoms with Crippen LogP contribution in [0.25, 0.3) is 0 Å².